The molecule has 0 spiro atoms. The van der Waals surface area contributed by atoms with E-state index in [0.717, 1.165) is 30.9 Å². The first-order valence-corrected chi connectivity index (χ1v) is 7.04. The molecule has 4 nitrogen and oxygen atoms in total. The van der Waals surface area contributed by atoms with E-state index in [1.807, 2.05) is 29.1 Å². The summed E-state index contributed by atoms with van der Waals surface area (Å²) in [5, 5.41) is 7.86. The minimum absolute atomic E-state index is 0.653. The fourth-order valence-corrected chi connectivity index (χ4v) is 2.14. The second-order valence-corrected chi connectivity index (χ2v) is 5.32. The first kappa shape index (κ1) is 14.6. The molecule has 2 rings (SSSR count). The van der Waals surface area contributed by atoms with Gasteiger partial charge in [-0.3, -0.25) is 4.68 Å². The van der Waals surface area contributed by atoms with Crippen LogP contribution < -0.4 is 10.1 Å². The molecule has 0 atom stereocenters. The molecular formula is C16H23N3O. The molecule has 1 heterocycles. The van der Waals surface area contributed by atoms with E-state index in [2.05, 4.69) is 36.4 Å². The summed E-state index contributed by atoms with van der Waals surface area (Å²) >= 11 is 0. The van der Waals surface area contributed by atoms with Crippen LogP contribution in [0, 0.1) is 5.92 Å². The zero-order valence-electron chi connectivity index (χ0n) is 12.5. The van der Waals surface area contributed by atoms with Crippen LogP contribution in [-0.2, 0) is 13.1 Å². The molecule has 0 saturated carbocycles. The summed E-state index contributed by atoms with van der Waals surface area (Å²) in [4.78, 5) is 0. The Morgan fingerprint density at radius 2 is 2.05 bits per heavy atom. The molecule has 0 aliphatic carbocycles. The molecule has 0 fully saturated rings. The molecule has 0 radical (unpaired) electrons. The Kier molecular flexibility index (Phi) is 5.18. The summed E-state index contributed by atoms with van der Waals surface area (Å²) in [5.41, 5.74) is 2.33. The minimum atomic E-state index is 0.653. The third-order valence-corrected chi connectivity index (χ3v) is 3.18. The maximum atomic E-state index is 5.39. The van der Waals surface area contributed by atoms with Crippen LogP contribution in [0.25, 0.3) is 0 Å². The van der Waals surface area contributed by atoms with E-state index in [-0.39, 0.29) is 0 Å². The van der Waals surface area contributed by atoms with Crippen LogP contribution in [0.3, 0.4) is 0 Å². The number of hydrogen-bond acceptors (Lipinski definition) is 3. The van der Waals surface area contributed by atoms with Gasteiger partial charge in [-0.05, 0) is 24.6 Å². The molecule has 0 aliphatic heterocycles. The molecule has 2 aromatic rings. The normalized spacial score (nSPS) is 11.0. The predicted octanol–water partition coefficient (Wildman–Crippen LogP) is 2.69. The highest BCUT2D eigenvalue weighted by Gasteiger charge is 2.07. The van der Waals surface area contributed by atoms with Crippen LogP contribution in [0.15, 0.2) is 36.5 Å². The standard InChI is InChI=1S/C16H23N3O/c1-13(2)10-17-11-15-8-9-18-19(15)12-14-6-4-5-7-16(14)20-3/h4-9,13,17H,10-12H2,1-3H3. The van der Waals surface area contributed by atoms with Crippen molar-refractivity contribution in [3.8, 4) is 5.75 Å². The van der Waals surface area contributed by atoms with Crippen molar-refractivity contribution in [1.29, 1.82) is 0 Å². The molecule has 1 N–H and O–H groups in total. The lowest BCUT2D eigenvalue weighted by Crippen LogP contribution is -2.21. The molecule has 0 unspecified atom stereocenters. The van der Waals surface area contributed by atoms with Gasteiger partial charge in [-0.1, -0.05) is 32.0 Å². The fourth-order valence-electron chi connectivity index (χ4n) is 2.14. The number of nitrogens with one attached hydrogen (secondary N) is 1. The molecule has 0 saturated heterocycles. The predicted molar refractivity (Wildman–Crippen MR) is 80.9 cm³/mol. The number of benzene rings is 1. The molecular weight excluding hydrogens is 250 g/mol. The van der Waals surface area contributed by atoms with E-state index in [1.54, 1.807) is 7.11 Å². The van der Waals surface area contributed by atoms with Crippen LogP contribution in [0.5, 0.6) is 5.75 Å². The van der Waals surface area contributed by atoms with Crippen LogP contribution in [-0.4, -0.2) is 23.4 Å². The van der Waals surface area contributed by atoms with Crippen molar-refractivity contribution in [2.24, 2.45) is 5.92 Å². The lowest BCUT2D eigenvalue weighted by atomic mass is 10.2. The van der Waals surface area contributed by atoms with Gasteiger partial charge in [0.15, 0.2) is 0 Å². The topological polar surface area (TPSA) is 39.1 Å². The Hall–Kier alpha value is -1.81. The second kappa shape index (κ2) is 7.10. The summed E-state index contributed by atoms with van der Waals surface area (Å²) in [6, 6.07) is 10.1. The van der Waals surface area contributed by atoms with Crippen molar-refractivity contribution in [2.45, 2.75) is 26.9 Å². The van der Waals surface area contributed by atoms with E-state index >= 15 is 0 Å². The molecule has 1 aromatic carbocycles. The number of rotatable bonds is 7. The van der Waals surface area contributed by atoms with Gasteiger partial charge in [0.05, 0.1) is 19.3 Å². The third kappa shape index (κ3) is 3.84. The average molecular weight is 273 g/mol. The monoisotopic (exact) mass is 273 g/mol. The largest absolute Gasteiger partial charge is 0.496 e. The van der Waals surface area contributed by atoms with Crippen LogP contribution >= 0.6 is 0 Å². The van der Waals surface area contributed by atoms with Gasteiger partial charge in [0.1, 0.15) is 5.75 Å². The highest BCUT2D eigenvalue weighted by Crippen LogP contribution is 2.18. The van der Waals surface area contributed by atoms with Crippen molar-refractivity contribution >= 4 is 0 Å². The Bertz CT molecular complexity index is 534. The molecule has 0 aliphatic rings. The van der Waals surface area contributed by atoms with Gasteiger partial charge >= 0.3 is 0 Å². The number of aromatic nitrogens is 2. The maximum Gasteiger partial charge on any atom is 0.123 e. The molecule has 4 heteroatoms. The van der Waals surface area contributed by atoms with Gasteiger partial charge in [-0.15, -0.1) is 0 Å². The van der Waals surface area contributed by atoms with Crippen molar-refractivity contribution in [3.63, 3.8) is 0 Å². The number of methoxy groups -OCH3 is 1. The zero-order valence-corrected chi connectivity index (χ0v) is 12.5. The quantitative estimate of drug-likeness (QED) is 0.843. The molecule has 1 aromatic heterocycles. The summed E-state index contributed by atoms with van der Waals surface area (Å²) in [6.07, 6.45) is 1.85. The first-order valence-electron chi connectivity index (χ1n) is 7.04. The summed E-state index contributed by atoms with van der Waals surface area (Å²) < 4.78 is 7.41. The Balaban J connectivity index is 2.04. The van der Waals surface area contributed by atoms with Gasteiger partial charge in [-0.25, -0.2) is 0 Å². The molecule has 0 amide bonds. The van der Waals surface area contributed by atoms with Gasteiger partial charge < -0.3 is 10.1 Å². The van der Waals surface area contributed by atoms with E-state index in [1.165, 1.54) is 5.69 Å². The Morgan fingerprint density at radius 3 is 2.80 bits per heavy atom. The van der Waals surface area contributed by atoms with Gasteiger partial charge in [-0.2, -0.15) is 5.10 Å². The second-order valence-electron chi connectivity index (χ2n) is 5.32. The summed E-state index contributed by atoms with van der Waals surface area (Å²) in [6.45, 7) is 7.00. The Morgan fingerprint density at radius 1 is 1.25 bits per heavy atom. The van der Waals surface area contributed by atoms with E-state index in [4.69, 9.17) is 4.74 Å². The summed E-state index contributed by atoms with van der Waals surface area (Å²) in [7, 11) is 1.70. The number of nitrogens with zero attached hydrogens (tertiary/aromatic N) is 2. The molecule has 0 bridgehead atoms. The SMILES string of the molecule is COc1ccccc1Cn1nccc1CNCC(C)C. The highest BCUT2D eigenvalue weighted by atomic mass is 16.5. The van der Waals surface area contributed by atoms with Crippen LogP contribution in [0.1, 0.15) is 25.1 Å². The van der Waals surface area contributed by atoms with E-state index in [0.29, 0.717) is 5.92 Å². The lowest BCUT2D eigenvalue weighted by molar-refractivity contribution is 0.406. The highest BCUT2D eigenvalue weighted by molar-refractivity contribution is 5.33. The molecule has 108 valence electrons. The fraction of sp³-hybridized carbons (Fsp3) is 0.438. The smallest absolute Gasteiger partial charge is 0.123 e. The average Bonchev–Trinajstić information content (AvgIpc) is 2.86. The lowest BCUT2D eigenvalue weighted by Gasteiger charge is -2.12. The van der Waals surface area contributed by atoms with E-state index < -0.39 is 0 Å². The summed E-state index contributed by atoms with van der Waals surface area (Å²) in [5.74, 6) is 1.56. The number of para-hydroxylation sites is 1. The number of ether oxygens (including phenoxy) is 1. The maximum absolute atomic E-state index is 5.39. The van der Waals surface area contributed by atoms with E-state index in [9.17, 15) is 0 Å². The van der Waals surface area contributed by atoms with Crippen molar-refractivity contribution < 1.29 is 4.74 Å². The van der Waals surface area contributed by atoms with Crippen molar-refractivity contribution in [2.75, 3.05) is 13.7 Å². The van der Waals surface area contributed by atoms with Gasteiger partial charge in [0, 0.05) is 18.3 Å². The zero-order chi connectivity index (χ0) is 14.4. The van der Waals surface area contributed by atoms with Crippen LogP contribution in [0.4, 0.5) is 0 Å². The van der Waals surface area contributed by atoms with Crippen molar-refractivity contribution in [1.82, 2.24) is 15.1 Å². The van der Waals surface area contributed by atoms with Gasteiger partial charge in [0.2, 0.25) is 0 Å². The third-order valence-electron chi connectivity index (χ3n) is 3.18. The number of hydrogen-bond donors (Lipinski definition) is 1. The van der Waals surface area contributed by atoms with Crippen LogP contribution in [0.2, 0.25) is 0 Å². The minimum Gasteiger partial charge on any atom is -0.496 e. The van der Waals surface area contributed by atoms with Crippen molar-refractivity contribution in [3.05, 3.63) is 47.8 Å². The van der Waals surface area contributed by atoms with Gasteiger partial charge in [0.25, 0.3) is 0 Å². The first-order chi connectivity index (χ1) is 9.70. The molecule has 20 heavy (non-hydrogen) atoms. The Labute approximate surface area is 120 Å².